The van der Waals surface area contributed by atoms with Gasteiger partial charge in [0.2, 0.25) is 0 Å². The topological polar surface area (TPSA) is 23.0 Å². The molecule has 4 heteroatoms. The van der Waals surface area contributed by atoms with Crippen molar-refractivity contribution in [3.05, 3.63) is 218 Å². The molecule has 0 aliphatic heterocycles. The smallest absolute Gasteiger partial charge is 0.179 e. The maximum absolute atomic E-state index is 6.68. The van der Waals surface area contributed by atoms with Crippen LogP contribution >= 0.6 is 0 Å². The Bertz CT molecular complexity index is 3390. The van der Waals surface area contributed by atoms with Crippen LogP contribution in [0.5, 0.6) is 0 Å². The van der Waals surface area contributed by atoms with Crippen LogP contribution in [-0.4, -0.2) is 17.2 Å². The zero-order valence-corrected chi connectivity index (χ0v) is 32.6. The van der Waals surface area contributed by atoms with Gasteiger partial charge in [-0.05, 0) is 75.3 Å². The molecule has 0 aliphatic carbocycles. The van der Waals surface area contributed by atoms with Crippen molar-refractivity contribution >= 4 is 94.4 Å². The maximum Gasteiger partial charge on any atom is 0.179 e. The Morgan fingerprint density at radius 1 is 0.293 bits per heavy atom. The van der Waals surface area contributed by atoms with Crippen molar-refractivity contribution in [1.29, 1.82) is 0 Å². The Balaban J connectivity index is 1.08. The standard InChI is InChI=1S/C54H36N2OSi/c1-3-15-39(16-4-1)58(40-17-5-2-6-18-40,41-31-27-37(28-32-41)55-49-23-11-7-19-43(49)44-20-8-12-24-50(44)55)42-33-29-38(30-34-42)56-51-25-13-9-21-45(51)47-35-36-48-46-22-10-14-26-52(46)57-54(48)53(47)56/h1-36H. The summed E-state index contributed by atoms with van der Waals surface area (Å²) in [6.45, 7) is 0. The van der Waals surface area contributed by atoms with Gasteiger partial charge in [0.15, 0.2) is 13.7 Å². The minimum atomic E-state index is -2.83. The fourth-order valence-corrected chi connectivity index (χ4v) is 14.5. The zero-order valence-electron chi connectivity index (χ0n) is 31.6. The predicted molar refractivity (Wildman–Crippen MR) is 246 cm³/mol. The van der Waals surface area contributed by atoms with Gasteiger partial charge in [-0.3, -0.25) is 0 Å². The highest BCUT2D eigenvalue weighted by Gasteiger charge is 2.41. The highest BCUT2D eigenvalue weighted by molar-refractivity contribution is 7.19. The van der Waals surface area contributed by atoms with Crippen LogP contribution in [0.3, 0.4) is 0 Å². The second-order valence-corrected chi connectivity index (χ2v) is 19.0. The lowest BCUT2D eigenvalue weighted by atomic mass is 10.1. The number of rotatable bonds is 6. The zero-order chi connectivity index (χ0) is 38.2. The molecule has 0 atom stereocenters. The number of benzene rings is 9. The summed E-state index contributed by atoms with van der Waals surface area (Å²) in [5.74, 6) is 0. The third kappa shape index (κ3) is 4.67. The fraction of sp³-hybridized carbons (Fsp3) is 0. The molecule has 0 bridgehead atoms. The number of fused-ring (bicyclic) bond motifs is 10. The summed E-state index contributed by atoms with van der Waals surface area (Å²) in [6.07, 6.45) is 0. The Morgan fingerprint density at radius 2 is 0.690 bits per heavy atom. The number of aromatic nitrogens is 2. The number of hydrogen-bond acceptors (Lipinski definition) is 1. The molecule has 9 aromatic carbocycles. The Kier molecular flexibility index (Phi) is 7.25. The van der Waals surface area contributed by atoms with E-state index < -0.39 is 8.07 Å². The molecule has 0 N–H and O–H groups in total. The molecule has 3 nitrogen and oxygen atoms in total. The predicted octanol–water partition coefficient (Wildman–Crippen LogP) is 11.2. The lowest BCUT2D eigenvalue weighted by Crippen LogP contribution is -2.74. The van der Waals surface area contributed by atoms with Crippen molar-refractivity contribution in [2.45, 2.75) is 0 Å². The first kappa shape index (κ1) is 32.8. The SMILES string of the molecule is c1ccc([Si](c2ccccc2)(c2ccc(-n3c4ccccc4c4ccccc43)cc2)c2ccc(-n3c4ccccc4c4ccc5c6ccccc6oc5c43)cc2)cc1. The van der Waals surface area contributed by atoms with E-state index in [0.717, 1.165) is 44.3 Å². The fourth-order valence-electron chi connectivity index (χ4n) is 9.80. The van der Waals surface area contributed by atoms with Gasteiger partial charge in [0, 0.05) is 43.7 Å². The van der Waals surface area contributed by atoms with Gasteiger partial charge in [-0.2, -0.15) is 0 Å². The van der Waals surface area contributed by atoms with E-state index in [1.165, 1.54) is 53.3 Å². The van der Waals surface area contributed by atoms with E-state index >= 15 is 0 Å². The molecule has 0 saturated heterocycles. The van der Waals surface area contributed by atoms with Crippen LogP contribution in [0, 0.1) is 0 Å². The Morgan fingerprint density at radius 3 is 1.24 bits per heavy atom. The summed E-state index contributed by atoms with van der Waals surface area (Å²) in [7, 11) is -2.83. The molecular formula is C54H36N2OSi. The summed E-state index contributed by atoms with van der Waals surface area (Å²) in [6, 6.07) is 80.2. The third-order valence-corrected chi connectivity index (χ3v) is 17.1. The van der Waals surface area contributed by atoms with E-state index in [1.807, 2.05) is 6.07 Å². The van der Waals surface area contributed by atoms with Crippen LogP contribution in [0.25, 0.3) is 76.9 Å². The van der Waals surface area contributed by atoms with Gasteiger partial charge in [-0.25, -0.2) is 0 Å². The van der Waals surface area contributed by atoms with Crippen LogP contribution in [-0.2, 0) is 0 Å². The van der Waals surface area contributed by atoms with Crippen LogP contribution in [0.15, 0.2) is 223 Å². The largest absolute Gasteiger partial charge is 0.454 e. The molecule has 3 heterocycles. The van der Waals surface area contributed by atoms with Crippen molar-refractivity contribution in [3.63, 3.8) is 0 Å². The van der Waals surface area contributed by atoms with E-state index in [-0.39, 0.29) is 0 Å². The number of nitrogens with zero attached hydrogens (tertiary/aromatic N) is 2. The number of hydrogen-bond donors (Lipinski definition) is 0. The summed E-state index contributed by atoms with van der Waals surface area (Å²) < 4.78 is 11.5. The second kappa shape index (κ2) is 12.8. The molecule has 0 amide bonds. The number of furan rings is 1. The second-order valence-electron chi connectivity index (χ2n) is 15.2. The molecule has 58 heavy (non-hydrogen) atoms. The van der Waals surface area contributed by atoms with E-state index in [4.69, 9.17) is 4.42 Å². The molecule has 0 spiro atoms. The van der Waals surface area contributed by atoms with E-state index in [0.29, 0.717) is 0 Å². The number of para-hydroxylation sites is 4. The highest BCUT2D eigenvalue weighted by Crippen LogP contribution is 2.40. The summed E-state index contributed by atoms with van der Waals surface area (Å²) in [4.78, 5) is 0. The molecule has 0 unspecified atom stereocenters. The van der Waals surface area contributed by atoms with E-state index in [9.17, 15) is 0 Å². The van der Waals surface area contributed by atoms with Crippen molar-refractivity contribution in [2.75, 3.05) is 0 Å². The molecule has 12 rings (SSSR count). The van der Waals surface area contributed by atoms with Gasteiger partial charge >= 0.3 is 0 Å². The van der Waals surface area contributed by atoms with Gasteiger partial charge in [0.1, 0.15) is 5.58 Å². The van der Waals surface area contributed by atoms with Crippen LogP contribution in [0.4, 0.5) is 0 Å². The summed E-state index contributed by atoms with van der Waals surface area (Å²) in [5, 5.41) is 12.6. The van der Waals surface area contributed by atoms with Gasteiger partial charge in [0.05, 0.1) is 22.1 Å². The maximum atomic E-state index is 6.68. The third-order valence-electron chi connectivity index (χ3n) is 12.3. The van der Waals surface area contributed by atoms with E-state index in [1.54, 1.807) is 0 Å². The lowest BCUT2D eigenvalue weighted by molar-refractivity contribution is 0.671. The first-order chi connectivity index (χ1) is 28.8. The molecule has 272 valence electrons. The molecule has 0 aliphatic rings. The first-order valence-corrected chi connectivity index (χ1v) is 21.9. The molecule has 3 aromatic heterocycles. The quantitative estimate of drug-likeness (QED) is 0.122. The molecule has 0 radical (unpaired) electrons. The van der Waals surface area contributed by atoms with Crippen LogP contribution in [0.1, 0.15) is 0 Å². The van der Waals surface area contributed by atoms with Crippen LogP contribution in [0.2, 0.25) is 0 Å². The monoisotopic (exact) mass is 756 g/mol. The highest BCUT2D eigenvalue weighted by atomic mass is 28.3. The van der Waals surface area contributed by atoms with Gasteiger partial charge < -0.3 is 13.6 Å². The van der Waals surface area contributed by atoms with Crippen molar-refractivity contribution in [3.8, 4) is 11.4 Å². The summed E-state index contributed by atoms with van der Waals surface area (Å²) >= 11 is 0. The molecular weight excluding hydrogens is 721 g/mol. The minimum Gasteiger partial charge on any atom is -0.454 e. The average Bonchev–Trinajstić information content (AvgIpc) is 3.96. The normalized spacial score (nSPS) is 12.1. The van der Waals surface area contributed by atoms with Gasteiger partial charge in [-0.15, -0.1) is 0 Å². The van der Waals surface area contributed by atoms with Crippen molar-refractivity contribution in [1.82, 2.24) is 9.13 Å². The van der Waals surface area contributed by atoms with Gasteiger partial charge in [0.25, 0.3) is 0 Å². The van der Waals surface area contributed by atoms with E-state index in [2.05, 4.69) is 221 Å². The molecule has 12 aromatic rings. The Hall–Kier alpha value is -7.40. The first-order valence-electron chi connectivity index (χ1n) is 19.9. The summed E-state index contributed by atoms with van der Waals surface area (Å²) in [5.41, 5.74) is 8.77. The molecule has 0 fully saturated rings. The van der Waals surface area contributed by atoms with Crippen molar-refractivity contribution in [2.24, 2.45) is 0 Å². The lowest BCUT2D eigenvalue weighted by Gasteiger charge is -2.34. The van der Waals surface area contributed by atoms with Crippen LogP contribution < -0.4 is 20.7 Å². The Labute approximate surface area is 336 Å². The van der Waals surface area contributed by atoms with Gasteiger partial charge in [-0.1, -0.05) is 164 Å². The minimum absolute atomic E-state index is 0.905. The average molecular weight is 757 g/mol. The molecule has 0 saturated carbocycles. The van der Waals surface area contributed by atoms with Crippen molar-refractivity contribution < 1.29 is 4.42 Å².